The molecular formula is C28H25N3. The topological polar surface area (TPSA) is 59.6 Å². The fourth-order valence-corrected chi connectivity index (χ4v) is 2.58. The van der Waals surface area contributed by atoms with Gasteiger partial charge in [-0.15, -0.1) is 0 Å². The van der Waals surface area contributed by atoms with Gasteiger partial charge in [-0.1, -0.05) is 97.1 Å². The Morgan fingerprint density at radius 1 is 0.452 bits per heavy atom. The highest BCUT2D eigenvalue weighted by atomic mass is 14.9. The van der Waals surface area contributed by atoms with Crippen molar-refractivity contribution in [3.63, 3.8) is 0 Å². The number of nitrogens with one attached hydrogen (secondary N) is 1. The number of nitrogens with zero attached hydrogens (tertiary/aromatic N) is 2. The number of benzene rings is 4. The second kappa shape index (κ2) is 14.6. The zero-order valence-corrected chi connectivity index (χ0v) is 17.4. The van der Waals surface area contributed by atoms with Gasteiger partial charge in [-0.2, -0.15) is 10.5 Å². The van der Waals surface area contributed by atoms with E-state index >= 15 is 0 Å². The van der Waals surface area contributed by atoms with Gasteiger partial charge in [-0.05, 0) is 35.4 Å². The van der Waals surface area contributed by atoms with E-state index in [-0.39, 0.29) is 0 Å². The molecule has 0 aliphatic carbocycles. The number of hydrogen-bond donors (Lipinski definition) is 1. The molecule has 152 valence electrons. The highest BCUT2D eigenvalue weighted by Crippen LogP contribution is 2.14. The first-order valence-electron chi connectivity index (χ1n) is 10.0. The fraction of sp³-hybridized carbons (Fsp3) is 0.0714. The Morgan fingerprint density at radius 2 is 0.742 bits per heavy atom. The maximum atomic E-state index is 8.27. The zero-order chi connectivity index (χ0) is 22.0. The average molecular weight is 404 g/mol. The Balaban J connectivity index is 0.000000170. The number of nitriles is 2. The summed E-state index contributed by atoms with van der Waals surface area (Å²) < 4.78 is 0. The second-order valence-corrected chi connectivity index (χ2v) is 6.50. The molecule has 0 aliphatic rings. The highest BCUT2D eigenvalue weighted by molar-refractivity contribution is 5.58. The molecule has 0 radical (unpaired) electrons. The first-order valence-corrected chi connectivity index (χ1v) is 10.0. The van der Waals surface area contributed by atoms with Crippen molar-refractivity contribution in [1.29, 1.82) is 10.5 Å². The third-order valence-corrected chi connectivity index (χ3v) is 4.09. The SMILES string of the molecule is N#CCc1ccccc1.N#CCc1ccccc1.c1ccc(Nc2ccccc2)cc1. The van der Waals surface area contributed by atoms with E-state index in [4.69, 9.17) is 10.5 Å². The number of para-hydroxylation sites is 2. The Morgan fingerprint density at radius 3 is 1.03 bits per heavy atom. The van der Waals surface area contributed by atoms with Gasteiger partial charge in [0.25, 0.3) is 0 Å². The van der Waals surface area contributed by atoms with Gasteiger partial charge in [0.15, 0.2) is 0 Å². The van der Waals surface area contributed by atoms with E-state index in [2.05, 4.69) is 17.5 Å². The third kappa shape index (κ3) is 10.1. The maximum Gasteiger partial charge on any atom is 0.0669 e. The van der Waals surface area contributed by atoms with E-state index in [0.29, 0.717) is 12.8 Å². The molecule has 0 atom stereocenters. The number of hydrogen-bond acceptors (Lipinski definition) is 3. The van der Waals surface area contributed by atoms with Gasteiger partial charge in [-0.25, -0.2) is 0 Å². The smallest absolute Gasteiger partial charge is 0.0669 e. The van der Waals surface area contributed by atoms with Crippen LogP contribution in [0.4, 0.5) is 11.4 Å². The van der Waals surface area contributed by atoms with Gasteiger partial charge in [0.1, 0.15) is 0 Å². The Hall–Kier alpha value is -4.34. The monoisotopic (exact) mass is 403 g/mol. The molecule has 0 spiro atoms. The fourth-order valence-electron chi connectivity index (χ4n) is 2.58. The molecule has 31 heavy (non-hydrogen) atoms. The largest absolute Gasteiger partial charge is 0.356 e. The molecular weight excluding hydrogens is 378 g/mol. The van der Waals surface area contributed by atoms with Crippen LogP contribution in [0.3, 0.4) is 0 Å². The van der Waals surface area contributed by atoms with Crippen molar-refractivity contribution in [1.82, 2.24) is 0 Å². The lowest BCUT2D eigenvalue weighted by Crippen LogP contribution is -1.87. The van der Waals surface area contributed by atoms with E-state index in [1.165, 1.54) is 0 Å². The van der Waals surface area contributed by atoms with Crippen molar-refractivity contribution in [3.8, 4) is 12.1 Å². The summed E-state index contributed by atoms with van der Waals surface area (Å²) in [6, 6.07) is 43.9. The average Bonchev–Trinajstić information content (AvgIpc) is 2.83. The van der Waals surface area contributed by atoms with Gasteiger partial charge in [0, 0.05) is 11.4 Å². The van der Waals surface area contributed by atoms with Crippen LogP contribution in [0.2, 0.25) is 0 Å². The Kier molecular flexibility index (Phi) is 10.8. The van der Waals surface area contributed by atoms with E-state index in [0.717, 1.165) is 22.5 Å². The van der Waals surface area contributed by atoms with Crippen molar-refractivity contribution < 1.29 is 0 Å². The number of anilines is 2. The normalized spacial score (nSPS) is 8.84. The molecule has 0 aromatic heterocycles. The molecule has 3 heteroatoms. The summed E-state index contributed by atoms with van der Waals surface area (Å²) in [6.07, 6.45) is 1.03. The van der Waals surface area contributed by atoms with Crippen molar-refractivity contribution in [2.45, 2.75) is 12.8 Å². The molecule has 4 aromatic rings. The standard InChI is InChI=1S/C12H11N.2C8H7N/c1-3-7-11(8-4-1)13-12-9-5-2-6-10-12;2*9-7-6-8-4-2-1-3-5-8/h1-10,13H;2*1-5H,6H2. The minimum absolute atomic E-state index is 0.515. The van der Waals surface area contributed by atoms with E-state index in [1.807, 2.05) is 121 Å². The molecule has 0 aliphatic heterocycles. The highest BCUT2D eigenvalue weighted by Gasteiger charge is 1.90. The third-order valence-electron chi connectivity index (χ3n) is 4.09. The summed E-state index contributed by atoms with van der Waals surface area (Å²) >= 11 is 0. The molecule has 0 amide bonds. The van der Waals surface area contributed by atoms with Crippen LogP contribution < -0.4 is 5.32 Å². The molecule has 1 N–H and O–H groups in total. The van der Waals surface area contributed by atoms with Crippen LogP contribution in [-0.2, 0) is 12.8 Å². The first kappa shape index (κ1) is 22.9. The van der Waals surface area contributed by atoms with Crippen molar-refractivity contribution in [2.24, 2.45) is 0 Å². The van der Waals surface area contributed by atoms with Crippen LogP contribution in [0.5, 0.6) is 0 Å². The summed E-state index contributed by atoms with van der Waals surface area (Å²) in [5.41, 5.74) is 4.41. The van der Waals surface area contributed by atoms with Gasteiger partial charge in [-0.3, -0.25) is 0 Å². The van der Waals surface area contributed by atoms with E-state index < -0.39 is 0 Å². The van der Waals surface area contributed by atoms with Crippen LogP contribution in [-0.4, -0.2) is 0 Å². The van der Waals surface area contributed by atoms with Gasteiger partial charge in [0.05, 0.1) is 25.0 Å². The molecule has 0 fully saturated rings. The van der Waals surface area contributed by atoms with Gasteiger partial charge in [0.2, 0.25) is 0 Å². The summed E-state index contributed by atoms with van der Waals surface area (Å²) in [5, 5.41) is 19.8. The summed E-state index contributed by atoms with van der Waals surface area (Å²) in [5.74, 6) is 0. The number of rotatable bonds is 4. The summed E-state index contributed by atoms with van der Waals surface area (Å²) in [7, 11) is 0. The van der Waals surface area contributed by atoms with Crippen molar-refractivity contribution in [2.75, 3.05) is 5.32 Å². The lowest BCUT2D eigenvalue weighted by atomic mass is 10.2. The lowest BCUT2D eigenvalue weighted by Gasteiger charge is -2.04. The second-order valence-electron chi connectivity index (χ2n) is 6.50. The summed E-state index contributed by atoms with van der Waals surface area (Å²) in [6.45, 7) is 0. The van der Waals surface area contributed by atoms with Crippen LogP contribution in [0, 0.1) is 22.7 Å². The zero-order valence-electron chi connectivity index (χ0n) is 17.4. The lowest BCUT2D eigenvalue weighted by molar-refractivity contribution is 1.26. The predicted molar refractivity (Wildman–Crippen MR) is 128 cm³/mol. The van der Waals surface area contributed by atoms with Crippen LogP contribution >= 0.6 is 0 Å². The van der Waals surface area contributed by atoms with Gasteiger partial charge < -0.3 is 5.32 Å². The Labute approximate surface area is 184 Å². The molecule has 4 rings (SSSR count). The molecule has 0 saturated heterocycles. The Bertz CT molecular complexity index is 960. The quantitative estimate of drug-likeness (QED) is 0.402. The van der Waals surface area contributed by atoms with E-state index in [1.54, 1.807) is 0 Å². The van der Waals surface area contributed by atoms with Crippen molar-refractivity contribution >= 4 is 11.4 Å². The van der Waals surface area contributed by atoms with Crippen LogP contribution in [0.1, 0.15) is 11.1 Å². The van der Waals surface area contributed by atoms with Crippen molar-refractivity contribution in [3.05, 3.63) is 132 Å². The minimum Gasteiger partial charge on any atom is -0.356 e. The summed E-state index contributed by atoms with van der Waals surface area (Å²) in [4.78, 5) is 0. The van der Waals surface area contributed by atoms with Crippen LogP contribution in [0.25, 0.3) is 0 Å². The van der Waals surface area contributed by atoms with Gasteiger partial charge >= 0.3 is 0 Å². The minimum atomic E-state index is 0.515. The molecule has 3 nitrogen and oxygen atoms in total. The van der Waals surface area contributed by atoms with E-state index in [9.17, 15) is 0 Å². The predicted octanol–water partition coefficient (Wildman–Crippen LogP) is 6.94. The molecule has 0 unspecified atom stereocenters. The maximum absolute atomic E-state index is 8.27. The molecule has 0 heterocycles. The first-order chi connectivity index (χ1) is 15.3. The molecule has 0 saturated carbocycles. The molecule has 0 bridgehead atoms. The van der Waals surface area contributed by atoms with Crippen LogP contribution in [0.15, 0.2) is 121 Å². The molecule has 4 aromatic carbocycles.